The fraction of sp³-hybridized carbons (Fsp3) is 0.208. The van der Waals surface area contributed by atoms with E-state index in [0.29, 0.717) is 0 Å². The standard InChI is InChI=1S/C24H23N5O4/c1-13-11-15(24(31)26-14(2)23(25)30)12-20(29(32)33)21(13)28-22-16-7-3-5-9-18(16)27-19-10-6-4-8-17(19)22/h3-14,21H,1-2H3,(H2,25,30)(H,26,31)(H,27,28). The first-order chi connectivity index (χ1) is 15.8. The van der Waals surface area contributed by atoms with Crippen molar-refractivity contribution in [2.45, 2.75) is 25.9 Å². The molecule has 4 rings (SSSR count). The second-order valence-electron chi connectivity index (χ2n) is 8.05. The number of amides is 2. The van der Waals surface area contributed by atoms with Gasteiger partial charge in [0.25, 0.3) is 11.6 Å². The van der Waals surface area contributed by atoms with E-state index in [9.17, 15) is 19.7 Å². The van der Waals surface area contributed by atoms with Crippen LogP contribution in [-0.4, -0.2) is 33.8 Å². The van der Waals surface area contributed by atoms with E-state index in [1.54, 1.807) is 13.0 Å². The Bertz CT molecular complexity index is 1290. The van der Waals surface area contributed by atoms with E-state index in [1.807, 2.05) is 48.5 Å². The molecular weight excluding hydrogens is 422 g/mol. The Labute approximate surface area is 189 Å². The van der Waals surface area contributed by atoms with Gasteiger partial charge in [-0.25, -0.2) is 4.98 Å². The summed E-state index contributed by atoms with van der Waals surface area (Å²) in [7, 11) is 0. The molecular formula is C24H23N5O4. The molecule has 0 saturated heterocycles. The largest absolute Gasteiger partial charge is 0.371 e. The maximum Gasteiger partial charge on any atom is 0.269 e. The van der Waals surface area contributed by atoms with Gasteiger partial charge in [-0.1, -0.05) is 49.4 Å². The van der Waals surface area contributed by atoms with Crippen LogP contribution in [-0.2, 0) is 9.59 Å². The third kappa shape index (κ3) is 4.25. The molecule has 1 heterocycles. The highest BCUT2D eigenvalue weighted by molar-refractivity contribution is 6.07. The van der Waals surface area contributed by atoms with E-state index in [4.69, 9.17) is 10.7 Å². The van der Waals surface area contributed by atoms with Crippen LogP contribution in [0.4, 0.5) is 5.69 Å². The summed E-state index contributed by atoms with van der Waals surface area (Å²) in [4.78, 5) is 40.0. The first kappa shape index (κ1) is 21.9. The molecule has 9 heteroatoms. The van der Waals surface area contributed by atoms with Gasteiger partial charge in [-0.05, 0) is 19.1 Å². The predicted octanol–water partition coefficient (Wildman–Crippen LogP) is 2.90. The number of nitrogens with zero attached hydrogens (tertiary/aromatic N) is 2. The maximum absolute atomic E-state index is 12.6. The van der Waals surface area contributed by atoms with Crippen LogP contribution < -0.4 is 16.4 Å². The minimum Gasteiger partial charge on any atom is -0.371 e. The molecule has 0 fully saturated rings. The Hall–Kier alpha value is -4.27. The second kappa shape index (κ2) is 8.70. The number of hydrogen-bond acceptors (Lipinski definition) is 6. The molecule has 0 spiro atoms. The zero-order valence-corrected chi connectivity index (χ0v) is 18.1. The summed E-state index contributed by atoms with van der Waals surface area (Å²) in [6.45, 7) is 3.25. The molecule has 168 valence electrons. The van der Waals surface area contributed by atoms with Gasteiger partial charge in [0.15, 0.2) is 0 Å². The van der Waals surface area contributed by atoms with E-state index in [1.165, 1.54) is 13.0 Å². The van der Waals surface area contributed by atoms with E-state index >= 15 is 0 Å². The molecule has 3 atom stereocenters. The molecule has 0 bridgehead atoms. The topological polar surface area (TPSA) is 140 Å². The van der Waals surface area contributed by atoms with Gasteiger partial charge < -0.3 is 16.4 Å². The number of nitrogens with two attached hydrogens (primary N) is 1. The molecule has 4 N–H and O–H groups in total. The number of fused-ring (bicyclic) bond motifs is 2. The van der Waals surface area contributed by atoms with Crippen molar-refractivity contribution in [2.24, 2.45) is 11.7 Å². The smallest absolute Gasteiger partial charge is 0.269 e. The van der Waals surface area contributed by atoms with Gasteiger partial charge in [-0.3, -0.25) is 19.7 Å². The van der Waals surface area contributed by atoms with Gasteiger partial charge in [0, 0.05) is 28.3 Å². The number of hydrogen-bond donors (Lipinski definition) is 3. The van der Waals surface area contributed by atoms with Crippen molar-refractivity contribution in [1.82, 2.24) is 10.3 Å². The lowest BCUT2D eigenvalue weighted by Gasteiger charge is -2.27. The number of pyridine rings is 1. The SMILES string of the molecule is CC(NC(=O)C1=CC(C)C(Nc2c3ccccc3nc3ccccc23)C([N+](=O)[O-])=C1)C(N)=O. The van der Waals surface area contributed by atoms with Crippen molar-refractivity contribution in [2.75, 3.05) is 5.32 Å². The third-order valence-electron chi connectivity index (χ3n) is 5.73. The fourth-order valence-electron chi connectivity index (χ4n) is 3.96. The molecule has 33 heavy (non-hydrogen) atoms. The van der Waals surface area contributed by atoms with Gasteiger partial charge in [-0.15, -0.1) is 0 Å². The van der Waals surface area contributed by atoms with Crippen LogP contribution in [0.2, 0.25) is 0 Å². The molecule has 1 aliphatic rings. The van der Waals surface area contributed by atoms with E-state index in [-0.39, 0.29) is 11.3 Å². The minimum absolute atomic E-state index is 0.116. The van der Waals surface area contributed by atoms with Gasteiger partial charge in [0.2, 0.25) is 5.91 Å². The van der Waals surface area contributed by atoms with Crippen LogP contribution in [0.25, 0.3) is 21.8 Å². The molecule has 1 aliphatic carbocycles. The molecule has 0 saturated carbocycles. The number of aromatic nitrogens is 1. The molecule has 1 aromatic heterocycles. The highest BCUT2D eigenvalue weighted by atomic mass is 16.6. The van der Waals surface area contributed by atoms with Crippen LogP contribution in [0.5, 0.6) is 0 Å². The van der Waals surface area contributed by atoms with Crippen LogP contribution in [0.1, 0.15) is 13.8 Å². The van der Waals surface area contributed by atoms with Crippen molar-refractivity contribution >= 4 is 39.3 Å². The highest BCUT2D eigenvalue weighted by Crippen LogP contribution is 2.34. The zero-order valence-electron chi connectivity index (χ0n) is 18.1. The Morgan fingerprint density at radius 1 is 1.09 bits per heavy atom. The fourth-order valence-corrected chi connectivity index (χ4v) is 3.96. The molecule has 0 radical (unpaired) electrons. The molecule has 0 aliphatic heterocycles. The van der Waals surface area contributed by atoms with Crippen LogP contribution in [0.3, 0.4) is 0 Å². The lowest BCUT2D eigenvalue weighted by atomic mass is 9.89. The van der Waals surface area contributed by atoms with Gasteiger partial charge in [0.05, 0.1) is 21.6 Å². The molecule has 2 amide bonds. The summed E-state index contributed by atoms with van der Waals surface area (Å²) in [5, 5.41) is 19.5. The number of carbonyl (C=O) groups is 2. The van der Waals surface area contributed by atoms with Crippen LogP contribution >= 0.6 is 0 Å². The summed E-state index contributed by atoms with van der Waals surface area (Å²) < 4.78 is 0. The molecule has 2 aromatic carbocycles. The van der Waals surface area contributed by atoms with Gasteiger partial charge in [0.1, 0.15) is 12.1 Å². The number of anilines is 1. The minimum atomic E-state index is -0.897. The van der Waals surface area contributed by atoms with Crippen LogP contribution in [0.15, 0.2) is 72.0 Å². The summed E-state index contributed by atoms with van der Waals surface area (Å²) in [5.41, 5.74) is 7.45. The van der Waals surface area contributed by atoms with E-state index in [0.717, 1.165) is 27.5 Å². The number of nitro groups is 1. The number of rotatable bonds is 6. The Morgan fingerprint density at radius 2 is 1.67 bits per heavy atom. The Balaban J connectivity index is 1.75. The predicted molar refractivity (Wildman–Crippen MR) is 126 cm³/mol. The van der Waals surface area contributed by atoms with Crippen molar-refractivity contribution in [3.05, 3.63) is 82.1 Å². The van der Waals surface area contributed by atoms with Crippen molar-refractivity contribution in [3.63, 3.8) is 0 Å². The van der Waals surface area contributed by atoms with E-state index < -0.39 is 34.7 Å². The number of para-hydroxylation sites is 2. The van der Waals surface area contributed by atoms with Crippen molar-refractivity contribution in [3.8, 4) is 0 Å². The Kier molecular flexibility index (Phi) is 5.78. The third-order valence-corrected chi connectivity index (χ3v) is 5.73. The summed E-state index contributed by atoms with van der Waals surface area (Å²) in [5.74, 6) is -1.68. The first-order valence-corrected chi connectivity index (χ1v) is 10.5. The van der Waals surface area contributed by atoms with Gasteiger partial charge >= 0.3 is 0 Å². The van der Waals surface area contributed by atoms with Crippen molar-refractivity contribution < 1.29 is 14.5 Å². The summed E-state index contributed by atoms with van der Waals surface area (Å²) in [6, 6.07) is 13.6. The number of carbonyl (C=O) groups excluding carboxylic acids is 2. The number of benzene rings is 2. The quantitative estimate of drug-likeness (QED) is 0.303. The van der Waals surface area contributed by atoms with Crippen LogP contribution in [0, 0.1) is 16.0 Å². The maximum atomic E-state index is 12.6. The monoisotopic (exact) mass is 445 g/mol. The lowest BCUT2D eigenvalue weighted by molar-refractivity contribution is -0.429. The average Bonchev–Trinajstić information content (AvgIpc) is 2.79. The average molecular weight is 445 g/mol. The highest BCUT2D eigenvalue weighted by Gasteiger charge is 2.35. The zero-order chi connectivity index (χ0) is 23.7. The Morgan fingerprint density at radius 3 is 2.21 bits per heavy atom. The van der Waals surface area contributed by atoms with Gasteiger partial charge in [-0.2, -0.15) is 0 Å². The first-order valence-electron chi connectivity index (χ1n) is 10.5. The second-order valence-corrected chi connectivity index (χ2v) is 8.05. The lowest BCUT2D eigenvalue weighted by Crippen LogP contribution is -2.43. The number of nitrogens with one attached hydrogen (secondary N) is 2. The van der Waals surface area contributed by atoms with E-state index in [2.05, 4.69) is 10.6 Å². The number of primary amides is 1. The molecule has 3 unspecified atom stereocenters. The summed E-state index contributed by atoms with van der Waals surface area (Å²) in [6.07, 6.45) is 2.89. The van der Waals surface area contributed by atoms with Crippen molar-refractivity contribution in [1.29, 1.82) is 0 Å². The normalized spacial score (nSPS) is 18.8. The summed E-state index contributed by atoms with van der Waals surface area (Å²) >= 11 is 0. The molecule has 9 nitrogen and oxygen atoms in total. The molecule has 3 aromatic rings.